The summed E-state index contributed by atoms with van der Waals surface area (Å²) in [5.41, 5.74) is 0. The van der Waals surface area contributed by atoms with Gasteiger partial charge in [-0.15, -0.1) is 0 Å². The molecule has 0 N–H and O–H groups in total. The van der Waals surface area contributed by atoms with Gasteiger partial charge in [0.25, 0.3) is 0 Å². The molecule has 2 heteroatoms. The first-order valence-corrected chi connectivity index (χ1v) is 5.09. The molecule has 0 spiro atoms. The van der Waals surface area contributed by atoms with Gasteiger partial charge in [0, 0.05) is 9.15 Å². The molecule has 0 bridgehead atoms. The van der Waals surface area contributed by atoms with E-state index in [-0.39, 0.29) is 0 Å². The topological polar surface area (TPSA) is 0 Å². The van der Waals surface area contributed by atoms with Crippen molar-refractivity contribution < 1.29 is 0 Å². The second kappa shape index (κ2) is 2.54. The fraction of sp³-hybridized carbons (Fsp3) is 1.00. The van der Waals surface area contributed by atoms with Gasteiger partial charge in [0.2, 0.25) is 0 Å². The lowest BCUT2D eigenvalue weighted by molar-refractivity contribution is 0.520. The summed E-state index contributed by atoms with van der Waals surface area (Å²) in [5, 5.41) is 0. The lowest BCUT2D eigenvalue weighted by atomic mass is 10.0. The van der Waals surface area contributed by atoms with Crippen molar-refractivity contribution in [1.29, 1.82) is 0 Å². The molecule has 1 aliphatic carbocycles. The molecular weight excluding hydrogens is 244 g/mol. The fourth-order valence-corrected chi connectivity index (χ4v) is 2.44. The molecule has 3 unspecified atom stereocenters. The highest BCUT2D eigenvalue weighted by Crippen LogP contribution is 2.45. The van der Waals surface area contributed by atoms with E-state index in [4.69, 9.17) is 0 Å². The van der Waals surface area contributed by atoms with Gasteiger partial charge in [0.15, 0.2) is 0 Å². The highest BCUT2D eigenvalue weighted by Gasteiger charge is 2.40. The Morgan fingerprint density at radius 1 is 1.44 bits per heavy atom. The molecule has 54 valence electrons. The summed E-state index contributed by atoms with van der Waals surface area (Å²) in [6.45, 7) is 4.57. The Hall–Kier alpha value is 0.960. The molecular formula is C7H12Br2. The van der Waals surface area contributed by atoms with E-state index >= 15 is 0 Å². The van der Waals surface area contributed by atoms with Gasteiger partial charge in [-0.3, -0.25) is 0 Å². The average molecular weight is 256 g/mol. The van der Waals surface area contributed by atoms with Crippen LogP contribution in [0.25, 0.3) is 0 Å². The van der Waals surface area contributed by atoms with Crippen molar-refractivity contribution in [3.8, 4) is 0 Å². The van der Waals surface area contributed by atoms with Crippen molar-refractivity contribution >= 4 is 31.9 Å². The average Bonchev–Trinajstić information content (AvgIpc) is 1.96. The van der Waals surface area contributed by atoms with Crippen molar-refractivity contribution in [2.45, 2.75) is 35.8 Å². The van der Waals surface area contributed by atoms with Crippen LogP contribution in [0.3, 0.4) is 0 Å². The summed E-state index contributed by atoms with van der Waals surface area (Å²) in [4.78, 5) is 0.667. The Balaban J connectivity index is 2.66. The maximum atomic E-state index is 3.73. The Kier molecular flexibility index (Phi) is 2.27. The van der Waals surface area contributed by atoms with Crippen LogP contribution in [-0.2, 0) is 0 Å². The molecule has 1 fully saturated rings. The Morgan fingerprint density at radius 3 is 2.11 bits per heavy atom. The minimum Gasteiger partial charge on any atom is -0.0875 e. The molecule has 0 saturated heterocycles. The number of hydrogen-bond acceptors (Lipinski definition) is 0. The van der Waals surface area contributed by atoms with Crippen LogP contribution in [0.2, 0.25) is 0 Å². The number of rotatable bonds is 0. The standard InChI is InChI=1S/C7H12Br2/c1-5-3-4-6(8)7(5,2)9/h5-6H,3-4H2,1-2H3. The second-order valence-corrected chi connectivity index (χ2v) is 5.91. The summed E-state index contributed by atoms with van der Waals surface area (Å²) in [6.07, 6.45) is 2.65. The first-order valence-electron chi connectivity index (χ1n) is 3.38. The maximum Gasteiger partial charge on any atom is 0.0380 e. The molecule has 9 heavy (non-hydrogen) atoms. The van der Waals surface area contributed by atoms with E-state index in [1.807, 2.05) is 0 Å². The quantitative estimate of drug-likeness (QED) is 0.583. The highest BCUT2D eigenvalue weighted by atomic mass is 79.9. The van der Waals surface area contributed by atoms with Crippen molar-refractivity contribution in [3.05, 3.63) is 0 Å². The lowest BCUT2D eigenvalue weighted by Crippen LogP contribution is -2.27. The van der Waals surface area contributed by atoms with Crippen molar-refractivity contribution in [2.24, 2.45) is 5.92 Å². The van der Waals surface area contributed by atoms with Gasteiger partial charge in [-0.1, -0.05) is 38.8 Å². The number of hydrogen-bond donors (Lipinski definition) is 0. The van der Waals surface area contributed by atoms with E-state index in [0.717, 1.165) is 5.92 Å². The maximum absolute atomic E-state index is 3.73. The summed E-state index contributed by atoms with van der Waals surface area (Å²) >= 11 is 7.38. The molecule has 0 aromatic carbocycles. The van der Waals surface area contributed by atoms with Gasteiger partial charge in [-0.2, -0.15) is 0 Å². The van der Waals surface area contributed by atoms with E-state index in [0.29, 0.717) is 9.15 Å². The first kappa shape index (κ1) is 8.06. The van der Waals surface area contributed by atoms with Gasteiger partial charge in [-0.05, 0) is 25.7 Å². The fourth-order valence-electron chi connectivity index (χ4n) is 1.27. The normalized spacial score (nSPS) is 52.0. The van der Waals surface area contributed by atoms with Crippen molar-refractivity contribution in [1.82, 2.24) is 0 Å². The van der Waals surface area contributed by atoms with Gasteiger partial charge < -0.3 is 0 Å². The number of alkyl halides is 2. The largest absolute Gasteiger partial charge is 0.0875 e. The minimum absolute atomic E-state index is 0.340. The molecule has 0 aromatic heterocycles. The Labute approximate surface area is 73.7 Å². The summed E-state index contributed by atoms with van der Waals surface area (Å²) in [7, 11) is 0. The highest BCUT2D eigenvalue weighted by molar-refractivity contribution is 9.12. The van der Waals surface area contributed by atoms with E-state index in [2.05, 4.69) is 45.7 Å². The Bertz CT molecular complexity index is 97.5. The van der Waals surface area contributed by atoms with Crippen LogP contribution in [0.5, 0.6) is 0 Å². The molecule has 0 amide bonds. The van der Waals surface area contributed by atoms with Gasteiger partial charge in [-0.25, -0.2) is 0 Å². The second-order valence-electron chi connectivity index (χ2n) is 3.10. The van der Waals surface area contributed by atoms with Crippen LogP contribution in [0.15, 0.2) is 0 Å². The Morgan fingerprint density at radius 2 is 2.00 bits per heavy atom. The van der Waals surface area contributed by atoms with E-state index in [1.165, 1.54) is 12.8 Å². The molecule has 1 saturated carbocycles. The van der Waals surface area contributed by atoms with Gasteiger partial charge in [0.05, 0.1) is 0 Å². The van der Waals surface area contributed by atoms with Crippen LogP contribution in [-0.4, -0.2) is 9.15 Å². The zero-order valence-electron chi connectivity index (χ0n) is 5.82. The predicted octanol–water partition coefficient (Wildman–Crippen LogP) is 3.33. The summed E-state index contributed by atoms with van der Waals surface area (Å²) < 4.78 is 0.340. The number of halogens is 2. The summed E-state index contributed by atoms with van der Waals surface area (Å²) in [6, 6.07) is 0. The van der Waals surface area contributed by atoms with Crippen LogP contribution < -0.4 is 0 Å². The van der Waals surface area contributed by atoms with Gasteiger partial charge >= 0.3 is 0 Å². The molecule has 3 atom stereocenters. The van der Waals surface area contributed by atoms with Crippen LogP contribution in [0, 0.1) is 5.92 Å². The molecule has 0 heterocycles. The van der Waals surface area contributed by atoms with Gasteiger partial charge in [0.1, 0.15) is 0 Å². The zero-order chi connectivity index (χ0) is 7.07. The summed E-state index contributed by atoms with van der Waals surface area (Å²) in [5.74, 6) is 0.807. The zero-order valence-corrected chi connectivity index (χ0v) is 9.00. The van der Waals surface area contributed by atoms with Crippen LogP contribution in [0.1, 0.15) is 26.7 Å². The SMILES string of the molecule is CC1CCC(Br)C1(C)Br. The van der Waals surface area contributed by atoms with E-state index in [9.17, 15) is 0 Å². The molecule has 0 aromatic rings. The smallest absolute Gasteiger partial charge is 0.0380 e. The third-order valence-electron chi connectivity index (χ3n) is 2.43. The third-order valence-corrected chi connectivity index (χ3v) is 5.79. The minimum atomic E-state index is 0.340. The van der Waals surface area contributed by atoms with Crippen LogP contribution >= 0.6 is 31.9 Å². The molecule has 0 aliphatic heterocycles. The molecule has 0 nitrogen and oxygen atoms in total. The van der Waals surface area contributed by atoms with E-state index < -0.39 is 0 Å². The van der Waals surface area contributed by atoms with Crippen molar-refractivity contribution in [3.63, 3.8) is 0 Å². The predicted molar refractivity (Wildman–Crippen MR) is 48.4 cm³/mol. The third kappa shape index (κ3) is 1.35. The monoisotopic (exact) mass is 254 g/mol. The van der Waals surface area contributed by atoms with E-state index in [1.54, 1.807) is 0 Å². The van der Waals surface area contributed by atoms with Crippen molar-refractivity contribution in [2.75, 3.05) is 0 Å². The lowest BCUT2D eigenvalue weighted by Gasteiger charge is -2.24. The first-order chi connectivity index (χ1) is 4.05. The molecule has 1 aliphatic rings. The van der Waals surface area contributed by atoms with Crippen LogP contribution in [0.4, 0.5) is 0 Å². The molecule has 1 rings (SSSR count). The molecule has 0 radical (unpaired) electrons.